The number of hydrogen-bond donors (Lipinski definition) is 1. The molecule has 0 aromatic carbocycles. The lowest BCUT2D eigenvalue weighted by Crippen LogP contribution is -2.49. The van der Waals surface area contributed by atoms with Gasteiger partial charge in [-0.25, -0.2) is 0 Å². The molecule has 0 amide bonds. The van der Waals surface area contributed by atoms with Crippen molar-refractivity contribution in [2.45, 2.75) is 64.9 Å². The molecule has 4 rings (SSSR count). The van der Waals surface area contributed by atoms with Crippen molar-refractivity contribution in [3.8, 4) is 0 Å². The second-order valence-electron chi connectivity index (χ2n) is 8.71. The van der Waals surface area contributed by atoms with E-state index in [9.17, 15) is 5.11 Å². The van der Waals surface area contributed by atoms with Crippen molar-refractivity contribution in [1.29, 1.82) is 0 Å². The number of aliphatic hydroxyl groups is 1. The van der Waals surface area contributed by atoms with Crippen molar-refractivity contribution in [1.82, 2.24) is 0 Å². The first-order chi connectivity index (χ1) is 10.5. The lowest BCUT2D eigenvalue weighted by molar-refractivity contribution is -0.0284. The average molecular weight is 298 g/mol. The van der Waals surface area contributed by atoms with Crippen LogP contribution in [-0.2, 0) is 0 Å². The van der Waals surface area contributed by atoms with Crippen LogP contribution in [0.1, 0.15) is 58.8 Å². The summed E-state index contributed by atoms with van der Waals surface area (Å²) in [5, 5.41) is 10.1. The zero-order chi connectivity index (χ0) is 15.5. The van der Waals surface area contributed by atoms with Crippen molar-refractivity contribution >= 4 is 0 Å². The fraction of sp³-hybridized carbons (Fsp3) is 0.714. The summed E-state index contributed by atoms with van der Waals surface area (Å²) < 4.78 is 0. The molecule has 1 nitrogen and oxygen atoms in total. The number of rotatable bonds is 1. The smallest absolute Gasteiger partial charge is 0.0577 e. The van der Waals surface area contributed by atoms with Gasteiger partial charge in [-0.05, 0) is 79.1 Å². The van der Waals surface area contributed by atoms with Gasteiger partial charge in [0.1, 0.15) is 0 Å². The number of fused-ring (bicyclic) bond motifs is 5. The van der Waals surface area contributed by atoms with Crippen molar-refractivity contribution in [2.24, 2.45) is 28.6 Å². The second kappa shape index (κ2) is 4.84. The molecule has 1 heteroatoms. The highest BCUT2D eigenvalue weighted by molar-refractivity contribution is 5.34. The van der Waals surface area contributed by atoms with E-state index in [2.05, 4.69) is 38.7 Å². The Hall–Kier alpha value is -0.820. The molecule has 0 radical (unpaired) electrons. The third kappa shape index (κ3) is 1.81. The second-order valence-corrected chi connectivity index (χ2v) is 8.71. The highest BCUT2D eigenvalue weighted by atomic mass is 16.3. The largest absolute Gasteiger partial charge is 0.393 e. The molecule has 120 valence electrons. The Morgan fingerprint density at radius 2 is 1.86 bits per heavy atom. The summed E-state index contributed by atoms with van der Waals surface area (Å²) in [6.45, 7) is 9.05. The van der Waals surface area contributed by atoms with Gasteiger partial charge >= 0.3 is 0 Å². The summed E-state index contributed by atoms with van der Waals surface area (Å²) in [5.41, 5.74) is 3.82. The van der Waals surface area contributed by atoms with E-state index in [0.29, 0.717) is 10.8 Å². The van der Waals surface area contributed by atoms with E-state index in [1.54, 1.807) is 5.57 Å². The topological polar surface area (TPSA) is 20.2 Å². The van der Waals surface area contributed by atoms with E-state index in [1.807, 2.05) is 0 Å². The first-order valence-electron chi connectivity index (χ1n) is 9.19. The molecular weight excluding hydrogens is 268 g/mol. The lowest BCUT2D eigenvalue weighted by atomic mass is 9.47. The minimum atomic E-state index is -0.0924. The Morgan fingerprint density at radius 3 is 2.64 bits per heavy atom. The summed E-state index contributed by atoms with van der Waals surface area (Å²) in [6, 6.07) is 0. The van der Waals surface area contributed by atoms with Gasteiger partial charge in [0.2, 0.25) is 0 Å². The van der Waals surface area contributed by atoms with Crippen molar-refractivity contribution in [3.63, 3.8) is 0 Å². The molecule has 4 aliphatic rings. The Balaban J connectivity index is 1.68. The predicted molar refractivity (Wildman–Crippen MR) is 91.4 cm³/mol. The van der Waals surface area contributed by atoms with Crippen molar-refractivity contribution < 1.29 is 5.11 Å². The molecule has 0 spiro atoms. The molecule has 0 bridgehead atoms. The van der Waals surface area contributed by atoms with Crippen molar-refractivity contribution in [2.75, 3.05) is 0 Å². The minimum Gasteiger partial charge on any atom is -0.393 e. The maximum Gasteiger partial charge on any atom is 0.0577 e. The van der Waals surface area contributed by atoms with Gasteiger partial charge < -0.3 is 5.11 Å². The van der Waals surface area contributed by atoms with E-state index < -0.39 is 0 Å². The molecular formula is C21H30O. The van der Waals surface area contributed by atoms with Gasteiger partial charge in [0.25, 0.3) is 0 Å². The summed E-state index contributed by atoms with van der Waals surface area (Å²) in [6.07, 6.45) is 15.3. The lowest BCUT2D eigenvalue weighted by Gasteiger charge is -2.57. The van der Waals surface area contributed by atoms with Gasteiger partial charge in [-0.2, -0.15) is 0 Å². The van der Waals surface area contributed by atoms with E-state index >= 15 is 0 Å². The van der Waals surface area contributed by atoms with Crippen LogP contribution in [0.25, 0.3) is 0 Å². The Bertz CT molecular complexity index is 556. The molecule has 0 aromatic heterocycles. The van der Waals surface area contributed by atoms with Gasteiger partial charge in [-0.1, -0.05) is 44.2 Å². The van der Waals surface area contributed by atoms with Gasteiger partial charge in [0.15, 0.2) is 0 Å². The monoisotopic (exact) mass is 298 g/mol. The van der Waals surface area contributed by atoms with Gasteiger partial charge in [-0.15, -0.1) is 0 Å². The molecule has 4 aliphatic carbocycles. The molecule has 0 saturated heterocycles. The average Bonchev–Trinajstić information content (AvgIpc) is 2.84. The first kappa shape index (κ1) is 14.8. The molecule has 2 fully saturated rings. The molecule has 2 saturated carbocycles. The van der Waals surface area contributed by atoms with Gasteiger partial charge in [0, 0.05) is 0 Å². The van der Waals surface area contributed by atoms with Crippen LogP contribution in [0.5, 0.6) is 0 Å². The summed E-state index contributed by atoms with van der Waals surface area (Å²) in [7, 11) is 0. The van der Waals surface area contributed by atoms with Gasteiger partial charge in [0.05, 0.1) is 6.10 Å². The molecule has 22 heavy (non-hydrogen) atoms. The van der Waals surface area contributed by atoms with Crippen LogP contribution in [0.2, 0.25) is 0 Å². The fourth-order valence-corrected chi connectivity index (χ4v) is 6.56. The van der Waals surface area contributed by atoms with Crippen LogP contribution in [0, 0.1) is 28.6 Å². The fourth-order valence-electron chi connectivity index (χ4n) is 6.56. The Labute approximate surface area is 135 Å². The number of aliphatic hydroxyl groups excluding tert-OH is 1. The van der Waals surface area contributed by atoms with Crippen LogP contribution >= 0.6 is 0 Å². The standard InChI is InChI=1S/C21H30O/c1-4-14-6-8-18-17-7-5-15-13-16(22)9-11-21(15,3)19(17)10-12-20(14,18)2/h4-6,16-19,22H,1,7-13H2,2-3H3/t16-,17?,18?,19?,20+,21-/m0/s1. The van der Waals surface area contributed by atoms with Crippen LogP contribution in [0.4, 0.5) is 0 Å². The van der Waals surface area contributed by atoms with Gasteiger partial charge in [-0.3, -0.25) is 0 Å². The minimum absolute atomic E-state index is 0.0924. The molecule has 1 N–H and O–H groups in total. The summed E-state index contributed by atoms with van der Waals surface area (Å²) >= 11 is 0. The zero-order valence-electron chi connectivity index (χ0n) is 14.1. The maximum atomic E-state index is 10.1. The Morgan fingerprint density at radius 1 is 1.09 bits per heavy atom. The van der Waals surface area contributed by atoms with Crippen LogP contribution in [0.3, 0.4) is 0 Å². The predicted octanol–water partition coefficient (Wildman–Crippen LogP) is 5.03. The third-order valence-electron chi connectivity index (χ3n) is 7.94. The van der Waals surface area contributed by atoms with E-state index in [1.165, 1.54) is 37.7 Å². The third-order valence-corrected chi connectivity index (χ3v) is 7.94. The van der Waals surface area contributed by atoms with Crippen molar-refractivity contribution in [3.05, 3.63) is 36.0 Å². The number of hydrogen-bond acceptors (Lipinski definition) is 1. The first-order valence-corrected chi connectivity index (χ1v) is 9.19. The highest BCUT2D eigenvalue weighted by Gasteiger charge is 2.56. The molecule has 6 atom stereocenters. The summed E-state index contributed by atoms with van der Waals surface area (Å²) in [5.74, 6) is 2.47. The van der Waals surface area contributed by atoms with Crippen LogP contribution < -0.4 is 0 Å². The molecule has 3 unspecified atom stereocenters. The highest BCUT2D eigenvalue weighted by Crippen LogP contribution is 2.64. The zero-order valence-corrected chi connectivity index (χ0v) is 14.1. The molecule has 0 heterocycles. The van der Waals surface area contributed by atoms with E-state index in [4.69, 9.17) is 0 Å². The van der Waals surface area contributed by atoms with Crippen LogP contribution in [0.15, 0.2) is 36.0 Å². The quantitative estimate of drug-likeness (QED) is 0.673. The molecule has 0 aliphatic heterocycles. The van der Waals surface area contributed by atoms with Crippen LogP contribution in [-0.4, -0.2) is 11.2 Å². The summed E-state index contributed by atoms with van der Waals surface area (Å²) in [4.78, 5) is 0. The SMILES string of the molecule is C=CC1=CCC2C3CC=C4C[C@@H](O)CC[C@]4(C)C3CC[C@]12C. The maximum absolute atomic E-state index is 10.1. The Kier molecular flexibility index (Phi) is 3.24. The molecule has 0 aromatic rings. The number of allylic oxidation sites excluding steroid dienone is 4. The van der Waals surface area contributed by atoms with E-state index in [-0.39, 0.29) is 6.10 Å². The normalized spacial score (nSPS) is 50.3. The van der Waals surface area contributed by atoms with E-state index in [0.717, 1.165) is 30.6 Å².